The molecule has 2 nitrogen and oxygen atoms in total. The minimum atomic E-state index is 0.0105. The minimum absolute atomic E-state index is 0.0105. The van der Waals surface area contributed by atoms with Crippen LogP contribution in [0.1, 0.15) is 23.7 Å². The van der Waals surface area contributed by atoms with Gasteiger partial charge in [-0.2, -0.15) is 0 Å². The fourth-order valence-corrected chi connectivity index (χ4v) is 1.50. The Kier molecular flexibility index (Phi) is 3.47. The number of allylic oxidation sites excluding steroid dienone is 1. The average Bonchev–Trinajstić information content (AvgIpc) is 2.08. The monoisotopic (exact) mass is 253 g/mol. The lowest BCUT2D eigenvalue weighted by atomic mass is 10.0. The highest BCUT2D eigenvalue weighted by molar-refractivity contribution is 9.10. The maximum atomic E-state index is 11.7. The molecule has 0 saturated carbocycles. The van der Waals surface area contributed by atoms with Crippen LogP contribution in [0.25, 0.3) is 0 Å². The summed E-state index contributed by atoms with van der Waals surface area (Å²) in [5.74, 6) is 0.0105. The van der Waals surface area contributed by atoms with Crippen molar-refractivity contribution in [1.82, 2.24) is 0 Å². The third kappa shape index (κ3) is 2.70. The number of rotatable bonds is 3. The number of ketones is 1. The van der Waals surface area contributed by atoms with Crippen LogP contribution >= 0.6 is 15.9 Å². The first kappa shape index (κ1) is 11.0. The summed E-state index contributed by atoms with van der Waals surface area (Å²) < 4.78 is 0.858. The second kappa shape index (κ2) is 4.42. The average molecular weight is 254 g/mol. The van der Waals surface area contributed by atoms with Crippen molar-refractivity contribution in [1.29, 1.82) is 0 Å². The van der Waals surface area contributed by atoms with Crippen LogP contribution < -0.4 is 5.73 Å². The van der Waals surface area contributed by atoms with Crippen molar-refractivity contribution >= 4 is 27.4 Å². The van der Waals surface area contributed by atoms with Crippen LogP contribution in [0.15, 0.2) is 34.8 Å². The van der Waals surface area contributed by atoms with Crippen molar-refractivity contribution in [2.45, 2.75) is 13.3 Å². The highest BCUT2D eigenvalue weighted by atomic mass is 79.9. The van der Waals surface area contributed by atoms with Crippen LogP contribution in [0.3, 0.4) is 0 Å². The van der Waals surface area contributed by atoms with Gasteiger partial charge in [0.1, 0.15) is 0 Å². The van der Waals surface area contributed by atoms with E-state index in [1.54, 1.807) is 12.1 Å². The molecule has 0 aliphatic rings. The molecule has 0 fully saturated rings. The number of benzene rings is 1. The molecule has 14 heavy (non-hydrogen) atoms. The second-order valence-electron chi connectivity index (χ2n) is 3.29. The van der Waals surface area contributed by atoms with Crippen molar-refractivity contribution in [2.24, 2.45) is 0 Å². The van der Waals surface area contributed by atoms with Crippen molar-refractivity contribution in [3.8, 4) is 0 Å². The second-order valence-corrected chi connectivity index (χ2v) is 4.20. The predicted molar refractivity (Wildman–Crippen MR) is 62.3 cm³/mol. The molecule has 0 aliphatic heterocycles. The zero-order valence-electron chi connectivity index (χ0n) is 8.01. The number of Topliss-reactive ketones (excluding diaryl/α,β-unsaturated/α-hetero) is 1. The van der Waals surface area contributed by atoms with Gasteiger partial charge < -0.3 is 5.73 Å². The van der Waals surface area contributed by atoms with Gasteiger partial charge in [0.25, 0.3) is 0 Å². The van der Waals surface area contributed by atoms with Crippen LogP contribution in [-0.2, 0) is 0 Å². The summed E-state index contributed by atoms with van der Waals surface area (Å²) in [5, 5.41) is 0. The zero-order valence-corrected chi connectivity index (χ0v) is 9.60. The molecule has 1 rings (SSSR count). The zero-order chi connectivity index (χ0) is 10.7. The van der Waals surface area contributed by atoms with Gasteiger partial charge in [-0.25, -0.2) is 0 Å². The van der Waals surface area contributed by atoms with Crippen LogP contribution in [-0.4, -0.2) is 5.78 Å². The standard InChI is InChI=1S/C11H12BrNO/c1-7(2)5-11(14)9-6-8(12)3-4-10(9)13/h3-4,6H,1,5,13H2,2H3. The molecular formula is C11H12BrNO. The van der Waals surface area contributed by atoms with Crippen molar-refractivity contribution in [3.05, 3.63) is 40.4 Å². The van der Waals surface area contributed by atoms with Gasteiger partial charge >= 0.3 is 0 Å². The number of hydrogen-bond acceptors (Lipinski definition) is 2. The number of anilines is 1. The third-order valence-corrected chi connectivity index (χ3v) is 2.27. The number of carbonyl (C=O) groups is 1. The molecule has 1 aromatic carbocycles. The maximum absolute atomic E-state index is 11.7. The summed E-state index contributed by atoms with van der Waals surface area (Å²) in [6.07, 6.45) is 0.348. The first-order valence-electron chi connectivity index (χ1n) is 4.23. The van der Waals surface area contributed by atoms with Gasteiger partial charge in [-0.15, -0.1) is 0 Å². The lowest BCUT2D eigenvalue weighted by Crippen LogP contribution is -2.03. The van der Waals surface area contributed by atoms with Crippen molar-refractivity contribution in [3.63, 3.8) is 0 Å². The molecule has 74 valence electrons. The van der Waals surface area contributed by atoms with Gasteiger partial charge in [-0.3, -0.25) is 4.79 Å². The normalized spacial score (nSPS) is 9.86. The molecule has 0 atom stereocenters. The summed E-state index contributed by atoms with van der Waals surface area (Å²) in [7, 11) is 0. The maximum Gasteiger partial charge on any atom is 0.168 e. The van der Waals surface area contributed by atoms with Crippen LogP contribution in [0.2, 0.25) is 0 Å². The molecule has 0 spiro atoms. The topological polar surface area (TPSA) is 43.1 Å². The summed E-state index contributed by atoms with van der Waals surface area (Å²) in [5.41, 5.74) is 7.61. The summed E-state index contributed by atoms with van der Waals surface area (Å²) in [6.45, 7) is 5.52. The van der Waals surface area contributed by atoms with E-state index in [1.807, 2.05) is 13.0 Å². The Morgan fingerprint density at radius 1 is 1.57 bits per heavy atom. The summed E-state index contributed by atoms with van der Waals surface area (Å²) in [4.78, 5) is 11.7. The molecule has 0 radical (unpaired) electrons. The SMILES string of the molecule is C=C(C)CC(=O)c1cc(Br)ccc1N. The summed E-state index contributed by atoms with van der Waals surface area (Å²) >= 11 is 3.30. The van der Waals surface area contributed by atoms with Gasteiger partial charge in [-0.1, -0.05) is 28.1 Å². The van der Waals surface area contributed by atoms with Gasteiger partial charge in [0, 0.05) is 22.1 Å². The molecule has 0 aliphatic carbocycles. The van der Waals surface area contributed by atoms with Gasteiger partial charge in [-0.05, 0) is 25.1 Å². The largest absolute Gasteiger partial charge is 0.398 e. The Labute approximate surface area is 91.9 Å². The summed E-state index contributed by atoms with van der Waals surface area (Å²) in [6, 6.07) is 5.27. The van der Waals surface area contributed by atoms with Crippen molar-refractivity contribution < 1.29 is 4.79 Å². The van der Waals surface area contributed by atoms with E-state index in [1.165, 1.54) is 0 Å². The van der Waals surface area contributed by atoms with E-state index in [0.29, 0.717) is 17.7 Å². The van der Waals surface area contributed by atoms with E-state index in [4.69, 9.17) is 5.73 Å². The van der Waals surface area contributed by atoms with E-state index in [-0.39, 0.29) is 5.78 Å². The number of hydrogen-bond donors (Lipinski definition) is 1. The van der Waals surface area contributed by atoms with Gasteiger partial charge in [0.2, 0.25) is 0 Å². The molecule has 0 bridgehead atoms. The number of carbonyl (C=O) groups excluding carboxylic acids is 1. The molecule has 3 heteroatoms. The molecule has 0 heterocycles. The van der Waals surface area contributed by atoms with Gasteiger partial charge in [0.15, 0.2) is 5.78 Å². The smallest absolute Gasteiger partial charge is 0.168 e. The van der Waals surface area contributed by atoms with E-state index >= 15 is 0 Å². The molecule has 0 saturated heterocycles. The number of halogens is 1. The Morgan fingerprint density at radius 3 is 2.79 bits per heavy atom. The Bertz CT molecular complexity index is 385. The highest BCUT2D eigenvalue weighted by Crippen LogP contribution is 2.20. The predicted octanol–water partition coefficient (Wildman–Crippen LogP) is 3.18. The van der Waals surface area contributed by atoms with E-state index in [0.717, 1.165) is 10.0 Å². The Balaban J connectivity index is 3.00. The van der Waals surface area contributed by atoms with Gasteiger partial charge in [0.05, 0.1) is 0 Å². The highest BCUT2D eigenvalue weighted by Gasteiger charge is 2.09. The minimum Gasteiger partial charge on any atom is -0.398 e. The van der Waals surface area contributed by atoms with E-state index in [9.17, 15) is 4.79 Å². The molecule has 1 aromatic rings. The molecule has 0 unspecified atom stereocenters. The van der Waals surface area contributed by atoms with E-state index in [2.05, 4.69) is 22.5 Å². The fraction of sp³-hybridized carbons (Fsp3) is 0.182. The molecular weight excluding hydrogens is 242 g/mol. The molecule has 0 amide bonds. The first-order chi connectivity index (χ1) is 6.50. The first-order valence-corrected chi connectivity index (χ1v) is 5.02. The third-order valence-electron chi connectivity index (χ3n) is 1.78. The molecule has 2 N–H and O–H groups in total. The lowest BCUT2D eigenvalue weighted by molar-refractivity contribution is 0.0994. The van der Waals surface area contributed by atoms with Crippen molar-refractivity contribution in [2.75, 3.05) is 5.73 Å². The number of nitrogen functional groups attached to an aromatic ring is 1. The van der Waals surface area contributed by atoms with Crippen LogP contribution in [0.5, 0.6) is 0 Å². The number of nitrogens with two attached hydrogens (primary N) is 1. The fourth-order valence-electron chi connectivity index (χ4n) is 1.14. The van der Waals surface area contributed by atoms with Crippen LogP contribution in [0.4, 0.5) is 5.69 Å². The van der Waals surface area contributed by atoms with Crippen LogP contribution in [0, 0.1) is 0 Å². The Hall–Kier alpha value is -1.09. The Morgan fingerprint density at radius 2 is 2.21 bits per heavy atom. The van der Waals surface area contributed by atoms with E-state index < -0.39 is 0 Å². The quantitative estimate of drug-likeness (QED) is 0.511. The molecule has 0 aromatic heterocycles. The lowest BCUT2D eigenvalue weighted by Gasteiger charge is -2.04.